The average Bonchev–Trinajstić information content (AvgIpc) is 3.38. The number of fused-ring (bicyclic) bond motifs is 1. The van der Waals surface area contributed by atoms with Gasteiger partial charge in [-0.05, 0) is 47.2 Å². The van der Waals surface area contributed by atoms with Gasteiger partial charge in [0.05, 0.1) is 27.2 Å². The molecular weight excluding hydrogens is 502 g/mol. The lowest BCUT2D eigenvalue weighted by Crippen LogP contribution is -2.45. The van der Waals surface area contributed by atoms with Crippen LogP contribution in [0.3, 0.4) is 0 Å². The molecule has 1 heterocycles. The molecule has 1 aromatic heterocycles. The number of amides is 2. The minimum Gasteiger partial charge on any atom is -0.493 e. The van der Waals surface area contributed by atoms with Gasteiger partial charge in [0.25, 0.3) is 0 Å². The van der Waals surface area contributed by atoms with E-state index in [1.54, 1.807) is 19.1 Å². The van der Waals surface area contributed by atoms with E-state index in [4.69, 9.17) is 9.47 Å². The molecule has 3 aromatic carbocycles. The van der Waals surface area contributed by atoms with Crippen molar-refractivity contribution in [1.29, 1.82) is 0 Å². The number of ether oxygens (including phenoxy) is 2. The third kappa shape index (κ3) is 7.44. The topological polar surface area (TPSA) is 74.9 Å². The van der Waals surface area contributed by atoms with E-state index < -0.39 is 0 Å². The van der Waals surface area contributed by atoms with Crippen molar-refractivity contribution < 1.29 is 19.1 Å². The van der Waals surface area contributed by atoms with Crippen LogP contribution >= 0.6 is 0 Å². The van der Waals surface area contributed by atoms with Gasteiger partial charge < -0.3 is 24.3 Å². The largest absolute Gasteiger partial charge is 0.493 e. The van der Waals surface area contributed by atoms with Gasteiger partial charge in [-0.15, -0.1) is 0 Å². The highest BCUT2D eigenvalue weighted by molar-refractivity contribution is 5.86. The van der Waals surface area contributed by atoms with Crippen LogP contribution in [0.25, 0.3) is 10.9 Å². The van der Waals surface area contributed by atoms with Gasteiger partial charge in [-0.1, -0.05) is 68.4 Å². The number of hydrogen-bond acceptors (Lipinski definition) is 4. The van der Waals surface area contributed by atoms with Gasteiger partial charge in [0.15, 0.2) is 11.5 Å². The fourth-order valence-electron chi connectivity index (χ4n) is 4.93. The summed E-state index contributed by atoms with van der Waals surface area (Å²) in [6.45, 7) is 5.58. The number of methoxy groups -OCH3 is 2. The Hall–Kier alpha value is -4.26. The van der Waals surface area contributed by atoms with Crippen molar-refractivity contribution in [2.24, 2.45) is 5.92 Å². The molecule has 7 nitrogen and oxygen atoms in total. The molecule has 0 unspecified atom stereocenters. The maximum atomic E-state index is 13.9. The monoisotopic (exact) mass is 541 g/mol. The van der Waals surface area contributed by atoms with Gasteiger partial charge in [0, 0.05) is 36.7 Å². The smallest absolute Gasteiger partial charge is 0.242 e. The summed E-state index contributed by atoms with van der Waals surface area (Å²) in [7, 11) is 3.20. The normalized spacial score (nSPS) is 11.0. The number of aromatic amines is 1. The lowest BCUT2D eigenvalue weighted by Gasteiger charge is -2.29. The van der Waals surface area contributed by atoms with Crippen molar-refractivity contribution in [3.8, 4) is 11.5 Å². The fourth-order valence-corrected chi connectivity index (χ4v) is 4.93. The number of carbonyl (C=O) groups is 2. The number of aromatic nitrogens is 1. The number of rotatable bonds is 13. The molecule has 0 fully saturated rings. The van der Waals surface area contributed by atoms with Gasteiger partial charge in [-0.3, -0.25) is 9.59 Å². The van der Waals surface area contributed by atoms with Crippen molar-refractivity contribution in [1.82, 2.24) is 14.8 Å². The SMILES string of the molecule is COc1ccc(CN(CCc2c[nH]c3ccccc23)C(=O)CN(CC(C)C)C(=O)Cc2ccccc2)cc1OC. The second kappa shape index (κ2) is 13.7. The molecule has 0 spiro atoms. The second-order valence-electron chi connectivity index (χ2n) is 10.4. The Morgan fingerprint density at radius 3 is 2.27 bits per heavy atom. The highest BCUT2D eigenvalue weighted by atomic mass is 16.5. The van der Waals surface area contributed by atoms with E-state index in [1.165, 1.54) is 0 Å². The predicted molar refractivity (Wildman–Crippen MR) is 159 cm³/mol. The van der Waals surface area contributed by atoms with Gasteiger partial charge in [-0.25, -0.2) is 0 Å². The molecule has 0 saturated heterocycles. The van der Waals surface area contributed by atoms with Gasteiger partial charge in [-0.2, -0.15) is 0 Å². The molecule has 210 valence electrons. The Morgan fingerprint density at radius 1 is 0.825 bits per heavy atom. The van der Waals surface area contributed by atoms with Crippen LogP contribution in [-0.4, -0.2) is 60.5 Å². The van der Waals surface area contributed by atoms with Crippen LogP contribution in [-0.2, 0) is 29.0 Å². The van der Waals surface area contributed by atoms with Crippen molar-refractivity contribution in [3.63, 3.8) is 0 Å². The molecule has 4 rings (SSSR count). The Kier molecular flexibility index (Phi) is 9.84. The summed E-state index contributed by atoms with van der Waals surface area (Å²) < 4.78 is 10.9. The van der Waals surface area contributed by atoms with Crippen LogP contribution in [0.5, 0.6) is 11.5 Å². The maximum Gasteiger partial charge on any atom is 0.242 e. The molecule has 1 N–H and O–H groups in total. The summed E-state index contributed by atoms with van der Waals surface area (Å²) in [5, 5.41) is 1.15. The van der Waals surface area contributed by atoms with Crippen molar-refractivity contribution in [2.45, 2.75) is 33.2 Å². The molecule has 0 bridgehead atoms. The Labute approximate surface area is 236 Å². The summed E-state index contributed by atoms with van der Waals surface area (Å²) >= 11 is 0. The zero-order valence-corrected chi connectivity index (χ0v) is 23.9. The first kappa shape index (κ1) is 28.7. The molecule has 7 heteroatoms. The number of H-pyrrole nitrogens is 1. The summed E-state index contributed by atoms with van der Waals surface area (Å²) in [6.07, 6.45) is 2.97. The molecule has 0 aliphatic rings. The lowest BCUT2D eigenvalue weighted by molar-refractivity contribution is -0.141. The van der Waals surface area contributed by atoms with E-state index in [9.17, 15) is 9.59 Å². The number of nitrogens with zero attached hydrogens (tertiary/aromatic N) is 2. The van der Waals surface area contributed by atoms with Crippen LogP contribution < -0.4 is 9.47 Å². The second-order valence-corrected chi connectivity index (χ2v) is 10.4. The van der Waals surface area contributed by atoms with Crippen LogP contribution in [0.15, 0.2) is 79.0 Å². The molecule has 0 atom stereocenters. The zero-order chi connectivity index (χ0) is 28.5. The molecule has 0 radical (unpaired) electrons. The molecule has 0 saturated carbocycles. The molecule has 0 aliphatic heterocycles. The first-order valence-electron chi connectivity index (χ1n) is 13.7. The Bertz CT molecular complexity index is 1410. The van der Waals surface area contributed by atoms with E-state index >= 15 is 0 Å². The van der Waals surface area contributed by atoms with Crippen LogP contribution in [0, 0.1) is 5.92 Å². The third-order valence-electron chi connectivity index (χ3n) is 6.96. The molecule has 0 aliphatic carbocycles. The van der Waals surface area contributed by atoms with E-state index in [0.717, 1.165) is 27.6 Å². The minimum atomic E-state index is -0.0864. The molecular formula is C33H39N3O4. The summed E-state index contributed by atoms with van der Waals surface area (Å²) in [4.78, 5) is 34.1. The van der Waals surface area contributed by atoms with E-state index in [-0.39, 0.29) is 30.7 Å². The van der Waals surface area contributed by atoms with E-state index in [2.05, 4.69) is 24.9 Å². The Balaban J connectivity index is 1.55. The average molecular weight is 542 g/mol. The number of carbonyl (C=O) groups excluding carboxylic acids is 2. The Morgan fingerprint density at radius 2 is 1.55 bits per heavy atom. The predicted octanol–water partition coefficient (Wildman–Crippen LogP) is 5.48. The van der Waals surface area contributed by atoms with Gasteiger partial charge in [0.2, 0.25) is 11.8 Å². The molecule has 40 heavy (non-hydrogen) atoms. The van der Waals surface area contributed by atoms with Crippen molar-refractivity contribution in [2.75, 3.05) is 33.9 Å². The van der Waals surface area contributed by atoms with E-state index in [0.29, 0.717) is 37.6 Å². The highest BCUT2D eigenvalue weighted by Crippen LogP contribution is 2.28. The van der Waals surface area contributed by atoms with Crippen LogP contribution in [0.4, 0.5) is 0 Å². The van der Waals surface area contributed by atoms with Crippen molar-refractivity contribution in [3.05, 3.63) is 95.7 Å². The number of benzene rings is 3. The number of nitrogens with one attached hydrogen (secondary N) is 1. The quantitative estimate of drug-likeness (QED) is 0.243. The fraction of sp³-hybridized carbons (Fsp3) is 0.333. The van der Waals surface area contributed by atoms with Crippen LogP contribution in [0.2, 0.25) is 0 Å². The van der Waals surface area contributed by atoms with Gasteiger partial charge in [0.1, 0.15) is 0 Å². The third-order valence-corrected chi connectivity index (χ3v) is 6.96. The lowest BCUT2D eigenvalue weighted by atomic mass is 10.1. The van der Waals surface area contributed by atoms with Crippen LogP contribution in [0.1, 0.15) is 30.5 Å². The van der Waals surface area contributed by atoms with E-state index in [1.807, 2.05) is 77.8 Å². The maximum absolute atomic E-state index is 13.9. The minimum absolute atomic E-state index is 0.0328. The summed E-state index contributed by atoms with van der Waals surface area (Å²) in [5.41, 5.74) is 4.09. The first-order chi connectivity index (χ1) is 19.4. The van der Waals surface area contributed by atoms with Gasteiger partial charge >= 0.3 is 0 Å². The summed E-state index contributed by atoms with van der Waals surface area (Å²) in [5.74, 6) is 1.35. The zero-order valence-electron chi connectivity index (χ0n) is 23.9. The summed E-state index contributed by atoms with van der Waals surface area (Å²) in [6, 6.07) is 23.5. The number of para-hydroxylation sites is 1. The first-order valence-corrected chi connectivity index (χ1v) is 13.7. The number of hydrogen-bond donors (Lipinski definition) is 1. The van der Waals surface area contributed by atoms with Crippen molar-refractivity contribution >= 4 is 22.7 Å². The molecule has 4 aromatic rings. The standard InChI is InChI=1S/C33H39N3O4/c1-24(2)21-36(32(37)19-25-10-6-5-7-11-25)23-33(38)35(22-26-14-15-30(39-3)31(18-26)40-4)17-16-27-20-34-29-13-9-8-12-28(27)29/h5-15,18,20,24,34H,16-17,19,21-23H2,1-4H3. The molecule has 2 amide bonds. The highest BCUT2D eigenvalue weighted by Gasteiger charge is 2.23.